The molecule has 46 nitrogen and oxygen atoms in total. The molecule has 0 fully saturated rings. The number of nitrogens with zero attached hydrogens (tertiary/aromatic N) is 6. The zero-order valence-electron chi connectivity index (χ0n) is 76.1. The molecule has 14 amide bonds. The van der Waals surface area contributed by atoms with E-state index in [0.29, 0.717) is 206 Å². The van der Waals surface area contributed by atoms with E-state index in [0.717, 1.165) is 24.9 Å². The molecular formula is C78H140N18O28S4. The number of amides is 14. The third-order valence-electron chi connectivity index (χ3n) is 16.1. The summed E-state index contributed by atoms with van der Waals surface area (Å²) in [5.41, 5.74) is 3.26. The smallest absolute Gasteiger partial charge is 0.410 e. The van der Waals surface area contributed by atoms with Gasteiger partial charge < -0.3 is 141 Å². The Morgan fingerprint density at radius 3 is 0.750 bits per heavy atom. The molecule has 0 saturated carbocycles. The molecule has 14 N–H and O–H groups in total. The Labute approximate surface area is 769 Å². The average molecular weight is 1910 g/mol. The lowest BCUT2D eigenvalue weighted by atomic mass is 10.2. The minimum absolute atomic E-state index is 0.0159. The predicted octanol–water partition coefficient (Wildman–Crippen LogP) is -1.43. The van der Waals surface area contributed by atoms with E-state index >= 15 is 0 Å². The van der Waals surface area contributed by atoms with Crippen molar-refractivity contribution in [3.63, 3.8) is 0 Å². The summed E-state index contributed by atoms with van der Waals surface area (Å²) in [6.45, 7) is 6.92. The number of carbonyl (C=O) groups is 14. The van der Waals surface area contributed by atoms with Gasteiger partial charge in [-0.3, -0.25) is 57.5 Å². The molecule has 0 rings (SSSR count). The van der Waals surface area contributed by atoms with E-state index in [1.54, 1.807) is 11.5 Å². The van der Waals surface area contributed by atoms with E-state index in [9.17, 15) is 67.1 Å². The first-order valence-corrected chi connectivity index (χ1v) is 47.3. The van der Waals surface area contributed by atoms with Gasteiger partial charge in [-0.25, -0.2) is 9.59 Å². The van der Waals surface area contributed by atoms with Crippen LogP contribution in [0.4, 0.5) is 9.59 Å². The number of primary amides is 2. The summed E-state index contributed by atoms with van der Waals surface area (Å²) in [7, 11) is 2.95. The summed E-state index contributed by atoms with van der Waals surface area (Å²) >= 11 is 5.68. The number of carbonyl (C=O) groups excluding carboxylic acids is 14. The molecule has 0 saturated heterocycles. The summed E-state index contributed by atoms with van der Waals surface area (Å²) in [5.74, 6) is -0.414. The van der Waals surface area contributed by atoms with Crippen LogP contribution in [0.15, 0.2) is 20.6 Å². The number of ether oxygens (including phenoxy) is 10. The highest BCUT2D eigenvalue weighted by Gasteiger charge is 2.20. The van der Waals surface area contributed by atoms with Gasteiger partial charge >= 0.3 is 12.2 Å². The van der Waals surface area contributed by atoms with Gasteiger partial charge in [0, 0.05) is 141 Å². The molecule has 128 heavy (non-hydrogen) atoms. The van der Waals surface area contributed by atoms with E-state index in [1.807, 2.05) is 0 Å². The Morgan fingerprint density at radius 2 is 0.508 bits per heavy atom. The lowest BCUT2D eigenvalue weighted by molar-refractivity contribution is -0.122. The topological polar surface area (TPSA) is 596 Å². The molecule has 50 heteroatoms. The molecule has 0 aliphatic carbocycles. The van der Waals surface area contributed by atoms with E-state index in [1.165, 1.54) is 70.9 Å². The van der Waals surface area contributed by atoms with Crippen LogP contribution in [0.2, 0.25) is 2.82 Å². The summed E-state index contributed by atoms with van der Waals surface area (Å²) in [6.07, 6.45) is 10.1. The number of nitrogens with one attached hydrogen (secondary N) is 10. The van der Waals surface area contributed by atoms with Gasteiger partial charge in [0.15, 0.2) is 2.82 Å². The molecule has 0 unspecified atom stereocenters. The standard InChI is InChI=1S/C78H140N18O28S4/c1-81-71(103)59-93-123-47-41-113-33-37-117-51-55-127-63-75(107)85-21-13-5-9-17-69(101)89-25-29-96(30-26-90-70(102)18-10-6-14-22-86-76(108)64-128-56-52-118-38-34-114-42-48-124-94-60-72(104)82-2)78(110)120-44-43-119-77(109)95(27-23-87-67(99)15-7-3-11-19-83-73(105)61-125-53-49-115-35-31-111-39-45-121-91-57-65(79)97)28-24-88-68(100)16-8-4-12-20-84-74(106)62-126-54-50-116-36-32-112-40-46-122-92-58-66(80)98/h57-60H,3-56,61-64H2,1-2H3,(H2,79,97)(H2,80,98)(H,81,103)(H,82,104)(H,83,105)(H,84,106)(H,85,107)(H,86,108)(H,87,99)(H,88,100)(H,89,101)(H,90,102)/b91-57+,92-58+,93-59+,94-60+/i/hD2. The van der Waals surface area contributed by atoms with Gasteiger partial charge in [0.25, 0.3) is 23.6 Å². The highest BCUT2D eigenvalue weighted by Crippen LogP contribution is 2.08. The normalized spacial score (nSPS) is 11.3. The molecule has 0 aliphatic rings. The molecule has 0 aromatic heterocycles. The van der Waals surface area contributed by atoms with Gasteiger partial charge in [-0.1, -0.05) is 46.3 Å². The molecule has 0 aromatic rings. The van der Waals surface area contributed by atoms with Crippen molar-refractivity contribution >= 4 is 155 Å². The number of rotatable bonds is 91. The van der Waals surface area contributed by atoms with Crippen molar-refractivity contribution in [1.29, 1.82) is 0 Å². The predicted molar refractivity (Wildman–Crippen MR) is 484 cm³/mol. The highest BCUT2D eigenvalue weighted by atomic mass is 32.2. The van der Waals surface area contributed by atoms with Crippen LogP contribution in [-0.4, -0.2) is 402 Å². The summed E-state index contributed by atoms with van der Waals surface area (Å²) in [5, 5.41) is 41.3. The summed E-state index contributed by atoms with van der Waals surface area (Å²) in [4.78, 5) is 195. The van der Waals surface area contributed by atoms with Crippen molar-refractivity contribution in [3.05, 3.63) is 0 Å². The fourth-order valence-corrected chi connectivity index (χ4v) is 12.3. The van der Waals surface area contributed by atoms with Crippen LogP contribution >= 0.6 is 47.0 Å². The summed E-state index contributed by atoms with van der Waals surface area (Å²) in [6, 6.07) is 0. The van der Waals surface area contributed by atoms with Gasteiger partial charge in [-0.2, -0.15) is 0 Å². The first-order chi connectivity index (χ1) is 63.3. The Hall–Kier alpha value is -8.86. The van der Waals surface area contributed by atoms with Crippen LogP contribution in [-0.2, 0) is 124 Å². The second kappa shape index (κ2) is 91.5. The third-order valence-corrected chi connectivity index (χ3v) is 19.8. The number of unbranched alkanes of at least 4 members (excludes halogenated alkanes) is 8. The van der Waals surface area contributed by atoms with Crippen molar-refractivity contribution < 1.29 is 137 Å². The maximum absolute atomic E-state index is 13.7. The van der Waals surface area contributed by atoms with Gasteiger partial charge in [-0.15, -0.1) is 47.0 Å². The largest absolute Gasteiger partial charge is 0.446 e. The van der Waals surface area contributed by atoms with Crippen LogP contribution in [0.25, 0.3) is 0 Å². The van der Waals surface area contributed by atoms with Crippen LogP contribution < -0.4 is 64.6 Å². The van der Waals surface area contributed by atoms with Crippen molar-refractivity contribution in [2.45, 2.75) is 103 Å². The lowest BCUT2D eigenvalue weighted by Gasteiger charge is -2.24. The van der Waals surface area contributed by atoms with E-state index < -0.39 is 37.2 Å². The maximum Gasteiger partial charge on any atom is 0.410 e. The minimum atomic E-state index is -0.825. The van der Waals surface area contributed by atoms with Crippen molar-refractivity contribution in [3.8, 4) is 0 Å². The zero-order valence-corrected chi connectivity index (χ0v) is 77.3. The third kappa shape index (κ3) is 87.8. The molecule has 0 bridgehead atoms. The van der Waals surface area contributed by atoms with E-state index in [-0.39, 0.29) is 213 Å². The maximum atomic E-state index is 13.7. The number of thioether (sulfide) groups is 4. The molecule has 734 valence electrons. The van der Waals surface area contributed by atoms with E-state index in [4.69, 9.17) is 69.5 Å². The van der Waals surface area contributed by atoms with Crippen LogP contribution in [0, 0.1) is 0 Å². The summed E-state index contributed by atoms with van der Waals surface area (Å²) < 4.78 is 68.0. The highest BCUT2D eigenvalue weighted by molar-refractivity contribution is 8.00. The second-order valence-corrected chi connectivity index (χ2v) is 31.0. The number of hydrogen-bond donors (Lipinski definition) is 12. The Kier molecular flexibility index (Phi) is 82.3. The Bertz CT molecular complexity index is 2770. The number of oxime groups is 4. The van der Waals surface area contributed by atoms with Crippen molar-refractivity contribution in [2.24, 2.45) is 32.1 Å². The quantitative estimate of drug-likeness (QED) is 0.0189. The monoisotopic (exact) mass is 1910 g/mol. The molecule has 0 aromatic carbocycles. The zero-order chi connectivity index (χ0) is 95.1. The Balaban J connectivity index is 5.47. The van der Waals surface area contributed by atoms with Gasteiger partial charge in [0.1, 0.15) is 64.5 Å². The van der Waals surface area contributed by atoms with E-state index in [2.05, 4.69) is 73.8 Å². The number of nitrogens with two attached hydrogens (primary N) is 2. The Morgan fingerprint density at radius 1 is 0.281 bits per heavy atom. The second-order valence-electron chi connectivity index (χ2n) is 26.6. The fourth-order valence-electron chi connectivity index (χ4n) is 9.65. The van der Waals surface area contributed by atoms with Crippen molar-refractivity contribution in [2.75, 3.05) is 284 Å². The fraction of sp³-hybridized carbons (Fsp3) is 0.769. The molecule has 0 aliphatic heterocycles. The average Bonchev–Trinajstić information content (AvgIpc) is 0.924. The van der Waals surface area contributed by atoms with Gasteiger partial charge in [-0.05, 0) is 51.4 Å². The molecule has 0 heterocycles. The number of hydrogen-bond acceptors (Lipinski definition) is 36. The lowest BCUT2D eigenvalue weighted by Crippen LogP contribution is -2.44. The first-order valence-electron chi connectivity index (χ1n) is 43.7. The van der Waals surface area contributed by atoms with Crippen LogP contribution in [0.3, 0.4) is 0 Å². The first kappa shape index (κ1) is 115. The van der Waals surface area contributed by atoms with Crippen molar-refractivity contribution in [1.82, 2.24) is 63.0 Å². The van der Waals surface area contributed by atoms with Crippen LogP contribution in [0.5, 0.6) is 0 Å². The van der Waals surface area contributed by atoms with Gasteiger partial charge in [0.05, 0.1) is 129 Å². The van der Waals surface area contributed by atoms with Crippen LogP contribution in [0.1, 0.15) is 103 Å². The molecule has 0 radical (unpaired) electrons. The SMILES string of the molecule is [2H]NC(=O)/C=N/OCCOCCOCCSCC(=O)NCCCCCC(=O)NCCN(CCNC(=O)CCCCCNC(=O)CSCCOCCOCCO/N=C/C(=O)N[2H])C(=O)OCCOC(=O)N(CCNC(=O)CCCCCNC(=O)CSCCOCCOCCO/N=C/C(=O)NC)CCNC(=O)CCCCCNC(=O)CSCCOCCOCCO/N=C/C(=O)NC. The molecular weight excluding hydrogens is 1770 g/mol. The van der Waals surface area contributed by atoms with Gasteiger partial charge in [0.2, 0.25) is 47.3 Å². The molecule has 0 atom stereocenters. The molecule has 0 spiro atoms. The minimum Gasteiger partial charge on any atom is -0.446 e.